The van der Waals surface area contributed by atoms with Crippen LogP contribution in [0, 0.1) is 32.1 Å². The summed E-state index contributed by atoms with van der Waals surface area (Å²) in [7, 11) is 0. The third-order valence-corrected chi connectivity index (χ3v) is 5.34. The molecule has 2 N–H and O–H groups in total. The van der Waals surface area contributed by atoms with E-state index in [2.05, 4.69) is 16.3 Å². The molecule has 0 aromatic heterocycles. The van der Waals surface area contributed by atoms with Gasteiger partial charge in [0, 0.05) is 11.7 Å². The molecule has 0 spiro atoms. The van der Waals surface area contributed by atoms with E-state index in [9.17, 15) is 15.2 Å². The molecule has 1 aliphatic heterocycles. The van der Waals surface area contributed by atoms with Crippen LogP contribution in [0.3, 0.4) is 0 Å². The van der Waals surface area contributed by atoms with Gasteiger partial charge in [0.2, 0.25) is 0 Å². The number of benzene rings is 2. The maximum Gasteiger partial charge on any atom is 0.336 e. The number of carboxylic acids is 1. The molecule has 0 amide bonds. The largest absolute Gasteiger partial charge is 0.478 e. The highest BCUT2D eigenvalue weighted by Crippen LogP contribution is 2.39. The molecule has 5 nitrogen and oxygen atoms in total. The van der Waals surface area contributed by atoms with Gasteiger partial charge in [-0.2, -0.15) is 5.26 Å². The van der Waals surface area contributed by atoms with Crippen LogP contribution < -0.4 is 10.2 Å². The van der Waals surface area contributed by atoms with Crippen LogP contribution in [0.2, 0.25) is 0 Å². The van der Waals surface area contributed by atoms with E-state index in [0.29, 0.717) is 11.1 Å². The maximum absolute atomic E-state index is 11.9. The Morgan fingerprint density at radius 1 is 1.19 bits per heavy atom. The molecule has 1 saturated heterocycles. The minimum Gasteiger partial charge on any atom is -0.478 e. The van der Waals surface area contributed by atoms with Gasteiger partial charge < -0.3 is 15.3 Å². The Hall–Kier alpha value is -2.84. The zero-order valence-electron chi connectivity index (χ0n) is 16.0. The van der Waals surface area contributed by atoms with E-state index in [0.717, 1.165) is 54.0 Å². The van der Waals surface area contributed by atoms with E-state index in [1.807, 2.05) is 51.1 Å². The van der Waals surface area contributed by atoms with Crippen molar-refractivity contribution in [1.82, 2.24) is 5.32 Å². The highest BCUT2D eigenvalue weighted by molar-refractivity contribution is 5.94. The van der Waals surface area contributed by atoms with Crippen LogP contribution >= 0.6 is 0 Å². The first-order valence-electron chi connectivity index (χ1n) is 9.29. The van der Waals surface area contributed by atoms with Crippen molar-refractivity contribution in [2.24, 2.45) is 0 Å². The summed E-state index contributed by atoms with van der Waals surface area (Å²) in [5, 5.41) is 22.8. The van der Waals surface area contributed by atoms with Gasteiger partial charge >= 0.3 is 5.97 Å². The number of aryl methyl sites for hydroxylation is 2. The van der Waals surface area contributed by atoms with E-state index in [-0.39, 0.29) is 6.04 Å². The van der Waals surface area contributed by atoms with Crippen LogP contribution in [-0.2, 0) is 0 Å². The van der Waals surface area contributed by atoms with E-state index < -0.39 is 5.97 Å². The van der Waals surface area contributed by atoms with Crippen LogP contribution in [0.5, 0.6) is 0 Å². The third kappa shape index (κ3) is 3.54. The zero-order valence-corrected chi connectivity index (χ0v) is 16.0. The summed E-state index contributed by atoms with van der Waals surface area (Å²) in [4.78, 5) is 14.1. The normalized spacial score (nSPS) is 14.6. The second-order valence-electron chi connectivity index (χ2n) is 7.14. The number of hydrogen-bond acceptors (Lipinski definition) is 4. The fraction of sp³-hybridized carbons (Fsp3) is 0.364. The number of anilines is 2. The number of nitrogens with one attached hydrogen (secondary N) is 1. The van der Waals surface area contributed by atoms with E-state index in [1.54, 1.807) is 0 Å². The van der Waals surface area contributed by atoms with Crippen molar-refractivity contribution in [2.75, 3.05) is 18.0 Å². The molecule has 1 fully saturated rings. The fourth-order valence-electron chi connectivity index (χ4n) is 4.22. The molecule has 0 bridgehead atoms. The van der Waals surface area contributed by atoms with Gasteiger partial charge in [0.1, 0.15) is 6.07 Å². The Labute approximate surface area is 160 Å². The SMILES string of the molecule is Cc1cc(C)c(N(c2ccccc2C#N)C2CCNCC2)c(C)c1C(=O)O. The van der Waals surface area contributed by atoms with Crippen molar-refractivity contribution in [2.45, 2.75) is 39.7 Å². The number of aromatic carboxylic acids is 1. The topological polar surface area (TPSA) is 76.4 Å². The lowest BCUT2D eigenvalue weighted by atomic mass is 9.93. The molecular weight excluding hydrogens is 338 g/mol. The lowest BCUT2D eigenvalue weighted by Crippen LogP contribution is -2.41. The molecule has 2 aromatic rings. The minimum atomic E-state index is -0.912. The lowest BCUT2D eigenvalue weighted by molar-refractivity contribution is 0.0695. The van der Waals surface area contributed by atoms with Gasteiger partial charge in [0.15, 0.2) is 0 Å². The van der Waals surface area contributed by atoms with Crippen molar-refractivity contribution in [3.05, 3.63) is 58.1 Å². The average molecular weight is 363 g/mol. The lowest BCUT2D eigenvalue weighted by Gasteiger charge is -2.39. The second kappa shape index (κ2) is 7.81. The Bertz CT molecular complexity index is 909. The summed E-state index contributed by atoms with van der Waals surface area (Å²) in [5.74, 6) is -0.912. The minimum absolute atomic E-state index is 0.211. The predicted molar refractivity (Wildman–Crippen MR) is 107 cm³/mol. The third-order valence-electron chi connectivity index (χ3n) is 5.34. The Morgan fingerprint density at radius 2 is 1.85 bits per heavy atom. The van der Waals surface area contributed by atoms with Crippen LogP contribution in [-0.4, -0.2) is 30.2 Å². The number of rotatable bonds is 4. The van der Waals surface area contributed by atoms with Crippen LogP contribution in [0.4, 0.5) is 11.4 Å². The molecule has 2 aromatic carbocycles. The highest BCUT2D eigenvalue weighted by Gasteiger charge is 2.29. The molecule has 5 heteroatoms. The Kier molecular flexibility index (Phi) is 5.48. The Morgan fingerprint density at radius 3 is 2.48 bits per heavy atom. The second-order valence-corrected chi connectivity index (χ2v) is 7.14. The van der Waals surface area contributed by atoms with Gasteiger partial charge in [-0.3, -0.25) is 0 Å². The van der Waals surface area contributed by atoms with Crippen molar-refractivity contribution >= 4 is 17.3 Å². The molecule has 0 aliphatic carbocycles. The van der Waals surface area contributed by atoms with Crippen molar-refractivity contribution in [3.8, 4) is 6.07 Å². The van der Waals surface area contributed by atoms with Gasteiger partial charge in [0.25, 0.3) is 0 Å². The molecular formula is C22H25N3O2. The molecule has 140 valence electrons. The molecule has 3 rings (SSSR count). The number of carbonyl (C=O) groups is 1. The summed E-state index contributed by atoms with van der Waals surface area (Å²) in [6.45, 7) is 7.55. The Balaban J connectivity index is 2.27. The van der Waals surface area contributed by atoms with Crippen molar-refractivity contribution in [3.63, 3.8) is 0 Å². The number of hydrogen-bond donors (Lipinski definition) is 2. The molecule has 1 heterocycles. The van der Waals surface area contributed by atoms with Crippen LogP contribution in [0.25, 0.3) is 0 Å². The smallest absolute Gasteiger partial charge is 0.336 e. The first-order valence-corrected chi connectivity index (χ1v) is 9.29. The molecule has 0 saturated carbocycles. The first kappa shape index (κ1) is 18.9. The standard InChI is InChI=1S/C22H25N3O2/c1-14-12-15(2)21(16(3)20(14)22(26)27)25(18-8-10-24-11-9-18)19-7-5-4-6-17(19)13-23/h4-7,12,18,24H,8-11H2,1-3H3,(H,26,27). The molecule has 27 heavy (non-hydrogen) atoms. The highest BCUT2D eigenvalue weighted by atomic mass is 16.4. The zero-order chi connectivity index (χ0) is 19.6. The number of carboxylic acid groups (broad SMARTS) is 1. The van der Waals surface area contributed by atoms with Gasteiger partial charge in [-0.1, -0.05) is 18.2 Å². The number of nitriles is 1. The molecule has 0 radical (unpaired) electrons. The fourth-order valence-corrected chi connectivity index (χ4v) is 4.22. The summed E-state index contributed by atoms with van der Waals surface area (Å²) in [5.41, 5.74) is 5.26. The first-order chi connectivity index (χ1) is 13.0. The van der Waals surface area contributed by atoms with Gasteiger partial charge in [0.05, 0.1) is 16.8 Å². The molecule has 0 unspecified atom stereocenters. The summed E-state index contributed by atoms with van der Waals surface area (Å²) >= 11 is 0. The van der Waals surface area contributed by atoms with Crippen molar-refractivity contribution in [1.29, 1.82) is 5.26 Å². The van der Waals surface area contributed by atoms with Gasteiger partial charge in [-0.05, 0) is 75.5 Å². The van der Waals surface area contributed by atoms with E-state index >= 15 is 0 Å². The maximum atomic E-state index is 11.9. The number of para-hydroxylation sites is 1. The molecule has 1 aliphatic rings. The number of nitrogens with zero attached hydrogens (tertiary/aromatic N) is 2. The van der Waals surface area contributed by atoms with Crippen LogP contribution in [0.15, 0.2) is 30.3 Å². The summed E-state index contributed by atoms with van der Waals surface area (Å²) in [6, 6.07) is 12.0. The quantitative estimate of drug-likeness (QED) is 0.856. The van der Waals surface area contributed by atoms with E-state index in [4.69, 9.17) is 0 Å². The summed E-state index contributed by atoms with van der Waals surface area (Å²) < 4.78 is 0. The van der Waals surface area contributed by atoms with E-state index in [1.165, 1.54) is 0 Å². The summed E-state index contributed by atoms with van der Waals surface area (Å²) in [6.07, 6.45) is 1.88. The van der Waals surface area contributed by atoms with Gasteiger partial charge in [-0.25, -0.2) is 4.79 Å². The predicted octanol–water partition coefficient (Wildman–Crippen LogP) is 4.07. The number of piperidine rings is 1. The van der Waals surface area contributed by atoms with Gasteiger partial charge in [-0.15, -0.1) is 0 Å². The van der Waals surface area contributed by atoms with Crippen molar-refractivity contribution < 1.29 is 9.90 Å². The molecule has 0 atom stereocenters. The van der Waals surface area contributed by atoms with Crippen LogP contribution in [0.1, 0.15) is 45.5 Å². The monoisotopic (exact) mass is 363 g/mol. The average Bonchev–Trinajstić information content (AvgIpc) is 2.65.